The number of carbonyl (C=O) groups excluding carboxylic acids is 1. The van der Waals surface area contributed by atoms with Crippen LogP contribution in [0.1, 0.15) is 41.6 Å². The highest BCUT2D eigenvalue weighted by Crippen LogP contribution is 2.29. The van der Waals surface area contributed by atoms with Gasteiger partial charge in [0.25, 0.3) is 11.6 Å². The van der Waals surface area contributed by atoms with E-state index in [1.807, 2.05) is 0 Å². The smallest absolute Gasteiger partial charge is 0.303 e. The molecule has 0 fully saturated rings. The van der Waals surface area contributed by atoms with Crippen molar-refractivity contribution in [3.8, 4) is 5.75 Å². The number of aliphatic carboxylic acids is 1. The maximum Gasteiger partial charge on any atom is 0.303 e. The number of carboxylic acids is 1. The van der Waals surface area contributed by atoms with E-state index in [1.165, 1.54) is 19.2 Å². The van der Waals surface area contributed by atoms with Crippen LogP contribution < -0.4 is 10.1 Å². The lowest BCUT2D eigenvalue weighted by molar-refractivity contribution is -0.385. The number of rotatable bonds is 9. The maximum absolute atomic E-state index is 12.1. The Morgan fingerprint density at radius 3 is 2.57 bits per heavy atom. The number of nitrogens with one attached hydrogen (secondary N) is 1. The number of carboxylic acid groups (broad SMARTS) is 1. The lowest BCUT2D eigenvalue weighted by Gasteiger charge is -2.09. The van der Waals surface area contributed by atoms with E-state index in [2.05, 4.69) is 5.32 Å². The largest absolute Gasteiger partial charge is 0.496 e. The highest BCUT2D eigenvalue weighted by Gasteiger charge is 2.19. The minimum Gasteiger partial charge on any atom is -0.496 e. The molecule has 23 heavy (non-hydrogen) atoms. The van der Waals surface area contributed by atoms with Crippen molar-refractivity contribution in [1.82, 2.24) is 5.32 Å². The summed E-state index contributed by atoms with van der Waals surface area (Å²) in [7, 11) is 1.39. The number of methoxy groups -OCH3 is 1. The van der Waals surface area contributed by atoms with Gasteiger partial charge in [0.1, 0.15) is 5.75 Å². The van der Waals surface area contributed by atoms with E-state index in [-0.39, 0.29) is 23.4 Å². The van der Waals surface area contributed by atoms with Crippen LogP contribution >= 0.6 is 0 Å². The van der Waals surface area contributed by atoms with Crippen LogP contribution in [0.3, 0.4) is 0 Å². The molecule has 0 aromatic heterocycles. The molecule has 1 aromatic rings. The predicted octanol–water partition coefficient (Wildman–Crippen LogP) is 2.29. The summed E-state index contributed by atoms with van der Waals surface area (Å²) >= 11 is 0. The predicted molar refractivity (Wildman–Crippen MR) is 82.8 cm³/mol. The zero-order chi connectivity index (χ0) is 17.4. The molecule has 1 aromatic carbocycles. The van der Waals surface area contributed by atoms with Gasteiger partial charge < -0.3 is 15.2 Å². The normalized spacial score (nSPS) is 10.2. The van der Waals surface area contributed by atoms with Crippen LogP contribution in [0.15, 0.2) is 12.1 Å². The SMILES string of the molecule is COc1cc(C(=O)NCCCCCC(=O)O)cc([N+](=O)[O-])c1C. The van der Waals surface area contributed by atoms with E-state index in [0.29, 0.717) is 31.4 Å². The van der Waals surface area contributed by atoms with Gasteiger partial charge in [-0.2, -0.15) is 0 Å². The van der Waals surface area contributed by atoms with Crippen molar-refractivity contribution < 1.29 is 24.4 Å². The fraction of sp³-hybridized carbons (Fsp3) is 0.467. The number of carbonyl (C=O) groups is 2. The average molecular weight is 324 g/mol. The lowest BCUT2D eigenvalue weighted by atomic mass is 10.1. The summed E-state index contributed by atoms with van der Waals surface area (Å²) in [5.41, 5.74) is 0.350. The summed E-state index contributed by atoms with van der Waals surface area (Å²) in [5, 5.41) is 22.2. The Kier molecular flexibility index (Phi) is 6.98. The Morgan fingerprint density at radius 2 is 2.00 bits per heavy atom. The van der Waals surface area contributed by atoms with Crippen LogP contribution in [-0.2, 0) is 4.79 Å². The summed E-state index contributed by atoms with van der Waals surface area (Å²) in [4.78, 5) is 32.9. The van der Waals surface area contributed by atoms with E-state index in [9.17, 15) is 19.7 Å². The fourth-order valence-corrected chi connectivity index (χ4v) is 2.09. The van der Waals surface area contributed by atoms with Gasteiger partial charge in [-0.1, -0.05) is 6.42 Å². The van der Waals surface area contributed by atoms with Gasteiger partial charge >= 0.3 is 5.97 Å². The summed E-state index contributed by atoms with van der Waals surface area (Å²) in [6.07, 6.45) is 1.98. The number of nitrogens with zero attached hydrogens (tertiary/aromatic N) is 1. The number of hydrogen-bond donors (Lipinski definition) is 2. The molecule has 0 saturated carbocycles. The fourth-order valence-electron chi connectivity index (χ4n) is 2.09. The average Bonchev–Trinajstić information content (AvgIpc) is 2.50. The molecule has 8 nitrogen and oxygen atoms in total. The first-order valence-corrected chi connectivity index (χ1v) is 7.19. The van der Waals surface area contributed by atoms with Crippen molar-refractivity contribution in [2.24, 2.45) is 0 Å². The van der Waals surface area contributed by atoms with Gasteiger partial charge in [-0.3, -0.25) is 19.7 Å². The second-order valence-electron chi connectivity index (χ2n) is 5.04. The van der Waals surface area contributed by atoms with Crippen LogP contribution in [0.4, 0.5) is 5.69 Å². The minimum atomic E-state index is -0.840. The Bertz CT molecular complexity index is 600. The van der Waals surface area contributed by atoms with E-state index < -0.39 is 16.8 Å². The van der Waals surface area contributed by atoms with Gasteiger partial charge in [0.05, 0.1) is 17.6 Å². The molecule has 0 aliphatic rings. The van der Waals surface area contributed by atoms with Crippen LogP contribution in [0, 0.1) is 17.0 Å². The quantitative estimate of drug-likeness (QED) is 0.408. The van der Waals surface area contributed by atoms with Crippen LogP contribution in [-0.4, -0.2) is 35.6 Å². The van der Waals surface area contributed by atoms with E-state index in [1.54, 1.807) is 6.92 Å². The summed E-state index contributed by atoms with van der Waals surface area (Å²) in [5.74, 6) is -0.983. The first kappa shape index (κ1) is 18.4. The molecule has 1 rings (SSSR count). The van der Waals surface area contributed by atoms with Gasteiger partial charge in [-0.25, -0.2) is 0 Å². The number of benzene rings is 1. The molecule has 0 aliphatic heterocycles. The Balaban J connectivity index is 2.64. The summed E-state index contributed by atoms with van der Waals surface area (Å²) in [6, 6.07) is 2.68. The molecule has 8 heteroatoms. The van der Waals surface area contributed by atoms with Crippen LogP contribution in [0.5, 0.6) is 5.75 Å². The molecular weight excluding hydrogens is 304 g/mol. The van der Waals surface area contributed by atoms with Crippen LogP contribution in [0.25, 0.3) is 0 Å². The molecule has 0 bridgehead atoms. The third-order valence-electron chi connectivity index (χ3n) is 3.36. The summed E-state index contributed by atoms with van der Waals surface area (Å²) in [6.45, 7) is 1.93. The second kappa shape index (κ2) is 8.72. The number of nitro benzene ring substituents is 1. The number of hydrogen-bond acceptors (Lipinski definition) is 5. The van der Waals surface area contributed by atoms with Gasteiger partial charge in [0.2, 0.25) is 0 Å². The highest BCUT2D eigenvalue weighted by atomic mass is 16.6. The molecule has 2 N–H and O–H groups in total. The van der Waals surface area contributed by atoms with Crippen LogP contribution in [0.2, 0.25) is 0 Å². The van der Waals surface area contributed by atoms with Gasteiger partial charge in [-0.05, 0) is 25.8 Å². The van der Waals surface area contributed by atoms with Gasteiger partial charge in [-0.15, -0.1) is 0 Å². The monoisotopic (exact) mass is 324 g/mol. The van der Waals surface area contributed by atoms with Crippen molar-refractivity contribution >= 4 is 17.6 Å². The van der Waals surface area contributed by atoms with Crippen molar-refractivity contribution in [2.45, 2.75) is 32.6 Å². The zero-order valence-corrected chi connectivity index (χ0v) is 13.1. The van der Waals surface area contributed by atoms with E-state index in [0.717, 1.165) is 0 Å². The molecule has 126 valence electrons. The maximum atomic E-state index is 12.1. The van der Waals surface area contributed by atoms with Crippen molar-refractivity contribution in [3.63, 3.8) is 0 Å². The molecule has 1 amide bonds. The lowest BCUT2D eigenvalue weighted by Crippen LogP contribution is -2.24. The molecule has 0 unspecified atom stereocenters. The molecule has 0 atom stereocenters. The molecule has 0 saturated heterocycles. The van der Waals surface area contributed by atoms with Crippen molar-refractivity contribution in [2.75, 3.05) is 13.7 Å². The molecular formula is C15H20N2O6. The van der Waals surface area contributed by atoms with E-state index >= 15 is 0 Å². The van der Waals surface area contributed by atoms with E-state index in [4.69, 9.17) is 9.84 Å². The Hall–Kier alpha value is -2.64. The highest BCUT2D eigenvalue weighted by molar-refractivity contribution is 5.95. The molecule has 0 radical (unpaired) electrons. The number of nitro groups is 1. The Labute approximate surface area is 133 Å². The molecule has 0 aliphatic carbocycles. The number of unbranched alkanes of at least 4 members (excludes halogenated alkanes) is 2. The number of ether oxygens (including phenoxy) is 1. The Morgan fingerprint density at radius 1 is 1.30 bits per heavy atom. The molecule has 0 spiro atoms. The molecule has 0 heterocycles. The zero-order valence-electron chi connectivity index (χ0n) is 13.1. The van der Waals surface area contributed by atoms with Crippen molar-refractivity contribution in [1.29, 1.82) is 0 Å². The number of amides is 1. The second-order valence-corrected chi connectivity index (χ2v) is 5.04. The van der Waals surface area contributed by atoms with Crippen molar-refractivity contribution in [3.05, 3.63) is 33.4 Å². The minimum absolute atomic E-state index is 0.106. The standard InChI is InChI=1S/C15H20N2O6/c1-10-12(17(21)22)8-11(9-13(10)23-2)15(20)16-7-5-3-4-6-14(18)19/h8-9H,3-7H2,1-2H3,(H,16,20)(H,18,19). The third kappa shape index (κ3) is 5.57. The first-order chi connectivity index (χ1) is 10.9. The van der Waals surface area contributed by atoms with Gasteiger partial charge in [0.15, 0.2) is 0 Å². The van der Waals surface area contributed by atoms with Gasteiger partial charge in [0, 0.05) is 24.6 Å². The third-order valence-corrected chi connectivity index (χ3v) is 3.36. The first-order valence-electron chi connectivity index (χ1n) is 7.19. The topological polar surface area (TPSA) is 119 Å². The summed E-state index contributed by atoms with van der Waals surface area (Å²) < 4.78 is 5.07.